The van der Waals surface area contributed by atoms with Crippen LogP contribution in [0, 0.1) is 5.82 Å². The molecule has 12 rings (SSSR count). The van der Waals surface area contributed by atoms with Crippen molar-refractivity contribution in [2.24, 2.45) is 0 Å². The van der Waals surface area contributed by atoms with Crippen LogP contribution >= 0.6 is 0 Å². The van der Waals surface area contributed by atoms with Crippen molar-refractivity contribution < 1.29 is 8.78 Å². The van der Waals surface area contributed by atoms with E-state index in [1.807, 2.05) is 24.4 Å². The Morgan fingerprint density at radius 1 is 0.485 bits per heavy atom. The summed E-state index contributed by atoms with van der Waals surface area (Å²) in [7, 11) is 0. The van der Waals surface area contributed by atoms with Crippen LogP contribution in [0.25, 0.3) is 76.2 Å². The third kappa shape index (κ3) is 6.08. The Morgan fingerprint density at radius 3 is 1.39 bits per heavy atom. The third-order valence-electron chi connectivity index (χ3n) is 13.9. The molecule has 0 bridgehead atoms. The zero-order valence-corrected chi connectivity index (χ0v) is 37.4. The van der Waals surface area contributed by atoms with Crippen molar-refractivity contribution in [1.29, 1.82) is 0 Å². The molecule has 0 aliphatic rings. The van der Waals surface area contributed by atoms with Crippen LogP contribution in [0.1, 0.15) is 57.1 Å². The van der Waals surface area contributed by atoms with Gasteiger partial charge in [0, 0.05) is 84.1 Å². The zero-order valence-electron chi connectivity index (χ0n) is 37.4. The standard InChI is InChI=1S/C60H48F2N4/c1-6-40(61)10-9-31-63(42-21-15-38(16-22-42)36(2)3)45-27-29-55-51(32-45)47-11-7-13-49-53-35-58-54(34-57(53)65(55)59(47)49)50-14-8-12-48-52-33-46(28-30-56(52)66(58)60(48)50)64(44-25-19-41(62)20-26-44)43-23-17-39(18-24-43)37(4)5/h6-9,11-37,40H,1,10H2,2-5H3/b31-9+. The fourth-order valence-electron chi connectivity index (χ4n) is 10.5. The molecule has 0 amide bonds. The van der Waals surface area contributed by atoms with Crippen molar-refractivity contribution >= 4 is 105 Å². The number of fused-ring (bicyclic) bond motifs is 12. The largest absolute Gasteiger partial charge is 0.317 e. The predicted octanol–water partition coefficient (Wildman–Crippen LogP) is 17.4. The number of hydrogen-bond donors (Lipinski definition) is 0. The molecule has 4 nitrogen and oxygen atoms in total. The maximum absolute atomic E-state index is 14.3. The Morgan fingerprint density at radius 2 is 0.909 bits per heavy atom. The van der Waals surface area contributed by atoms with Gasteiger partial charge in [-0.15, -0.1) is 6.58 Å². The quantitative estimate of drug-likeness (QED) is 0.120. The first-order chi connectivity index (χ1) is 32.2. The Kier molecular flexibility index (Phi) is 9.18. The normalized spacial score (nSPS) is 13.0. The van der Waals surface area contributed by atoms with Gasteiger partial charge in [0.15, 0.2) is 0 Å². The molecule has 322 valence electrons. The molecule has 0 radical (unpaired) electrons. The van der Waals surface area contributed by atoms with Crippen LogP contribution < -0.4 is 9.80 Å². The van der Waals surface area contributed by atoms with Gasteiger partial charge in [0.2, 0.25) is 0 Å². The van der Waals surface area contributed by atoms with E-state index in [1.54, 1.807) is 0 Å². The first-order valence-electron chi connectivity index (χ1n) is 23.0. The van der Waals surface area contributed by atoms with Crippen molar-refractivity contribution in [3.05, 3.63) is 200 Å². The monoisotopic (exact) mass is 862 g/mol. The summed E-state index contributed by atoms with van der Waals surface area (Å²) < 4.78 is 33.5. The molecule has 12 aromatic rings. The third-order valence-corrected chi connectivity index (χ3v) is 13.9. The average molecular weight is 863 g/mol. The highest BCUT2D eigenvalue weighted by Crippen LogP contribution is 2.47. The maximum atomic E-state index is 14.3. The molecule has 6 heteroatoms. The molecule has 1 atom stereocenters. The minimum atomic E-state index is -1.10. The van der Waals surface area contributed by atoms with Crippen molar-refractivity contribution in [3.8, 4) is 0 Å². The molecular formula is C60H48F2N4. The average Bonchev–Trinajstić information content (AvgIpc) is 4.06. The lowest BCUT2D eigenvalue weighted by Crippen LogP contribution is -2.10. The van der Waals surface area contributed by atoms with Gasteiger partial charge in [-0.05, 0) is 120 Å². The molecule has 0 N–H and O–H groups in total. The van der Waals surface area contributed by atoms with Gasteiger partial charge in [-0.3, -0.25) is 0 Å². The van der Waals surface area contributed by atoms with Crippen molar-refractivity contribution in [1.82, 2.24) is 8.80 Å². The summed E-state index contributed by atoms with van der Waals surface area (Å²) in [6, 6.07) is 55.7. The molecule has 0 fully saturated rings. The van der Waals surface area contributed by atoms with Crippen molar-refractivity contribution in [2.45, 2.75) is 52.1 Å². The molecule has 4 aromatic heterocycles. The summed E-state index contributed by atoms with van der Waals surface area (Å²) in [5.74, 6) is 0.581. The van der Waals surface area contributed by atoms with E-state index in [0.29, 0.717) is 11.8 Å². The van der Waals surface area contributed by atoms with Crippen LogP contribution in [0.2, 0.25) is 0 Å². The Bertz CT molecular complexity index is 3840. The van der Waals surface area contributed by atoms with E-state index in [2.05, 4.69) is 186 Å². The number of aromatic nitrogens is 2. The summed E-state index contributed by atoms with van der Waals surface area (Å²) in [5, 5.41) is 9.58. The second-order valence-electron chi connectivity index (χ2n) is 18.4. The first-order valence-corrected chi connectivity index (χ1v) is 23.0. The molecule has 66 heavy (non-hydrogen) atoms. The van der Waals surface area contributed by atoms with Gasteiger partial charge < -0.3 is 18.6 Å². The number of rotatable bonds is 11. The van der Waals surface area contributed by atoms with Crippen molar-refractivity contribution in [2.75, 3.05) is 9.80 Å². The minimum Gasteiger partial charge on any atom is -0.317 e. The van der Waals surface area contributed by atoms with Crippen molar-refractivity contribution in [3.63, 3.8) is 0 Å². The summed E-state index contributed by atoms with van der Waals surface area (Å²) in [6.45, 7) is 12.5. The molecule has 0 saturated carbocycles. The lowest BCUT2D eigenvalue weighted by atomic mass is 10.0. The number of halogens is 2. The Balaban J connectivity index is 1.02. The van der Waals surface area contributed by atoms with Crippen LogP contribution in [-0.2, 0) is 0 Å². The fourth-order valence-corrected chi connectivity index (χ4v) is 10.5. The second kappa shape index (κ2) is 15.2. The lowest BCUT2D eigenvalue weighted by Gasteiger charge is -2.26. The van der Waals surface area contributed by atoms with E-state index in [0.717, 1.165) is 39.5 Å². The number of benzene rings is 8. The van der Waals surface area contributed by atoms with Crippen LogP contribution in [-0.4, -0.2) is 15.0 Å². The van der Waals surface area contributed by atoms with E-state index in [-0.39, 0.29) is 12.2 Å². The molecule has 4 heterocycles. The van der Waals surface area contributed by atoms with Crippen LogP contribution in [0.4, 0.5) is 37.2 Å². The first kappa shape index (κ1) is 39.9. The Labute approximate surface area is 382 Å². The maximum Gasteiger partial charge on any atom is 0.123 e. The summed E-state index contributed by atoms with van der Waals surface area (Å²) in [5.41, 5.74) is 14.6. The van der Waals surface area contributed by atoms with Gasteiger partial charge in [-0.2, -0.15) is 0 Å². The van der Waals surface area contributed by atoms with Crippen LogP contribution in [0.5, 0.6) is 0 Å². The SMILES string of the molecule is C=CC(F)C/C=C/N(c1ccc(C(C)C)cc1)c1ccc2c(c1)c1cccc3c4cc5c(cc4n2c13)c1cccc2c3cc(N(c4ccc(F)cc4)c4ccc(C(C)C)cc4)ccc3n5c21. The highest BCUT2D eigenvalue weighted by Gasteiger charge is 2.24. The number of anilines is 5. The number of nitrogens with zero attached hydrogens (tertiary/aromatic N) is 4. The number of para-hydroxylation sites is 2. The topological polar surface area (TPSA) is 15.3 Å². The van der Waals surface area contributed by atoms with Gasteiger partial charge in [-0.1, -0.05) is 101 Å². The van der Waals surface area contributed by atoms with Gasteiger partial charge in [0.05, 0.1) is 33.1 Å². The van der Waals surface area contributed by atoms with E-state index in [4.69, 9.17) is 0 Å². The Hall–Kier alpha value is -7.70. The molecule has 8 aromatic carbocycles. The molecule has 0 aliphatic carbocycles. The molecular weight excluding hydrogens is 815 g/mol. The molecule has 0 saturated heterocycles. The summed E-state index contributed by atoms with van der Waals surface area (Å²) >= 11 is 0. The van der Waals surface area contributed by atoms with E-state index in [9.17, 15) is 8.78 Å². The van der Waals surface area contributed by atoms with Gasteiger partial charge in [0.25, 0.3) is 0 Å². The predicted molar refractivity (Wildman–Crippen MR) is 276 cm³/mol. The highest BCUT2D eigenvalue weighted by molar-refractivity contribution is 6.29. The second-order valence-corrected chi connectivity index (χ2v) is 18.4. The number of allylic oxidation sites excluding steroid dienone is 2. The highest BCUT2D eigenvalue weighted by atomic mass is 19.1. The smallest absolute Gasteiger partial charge is 0.123 e. The van der Waals surface area contributed by atoms with E-state index in [1.165, 1.54) is 94.5 Å². The van der Waals surface area contributed by atoms with Crippen LogP contribution in [0.3, 0.4) is 0 Å². The van der Waals surface area contributed by atoms with Gasteiger partial charge in [0.1, 0.15) is 12.0 Å². The lowest BCUT2D eigenvalue weighted by molar-refractivity contribution is 0.404. The summed E-state index contributed by atoms with van der Waals surface area (Å²) in [6.07, 6.45) is 4.39. The molecule has 1 unspecified atom stereocenters. The molecule has 0 spiro atoms. The fraction of sp³-hybridized carbons (Fsp3) is 0.133. The minimum absolute atomic E-state index is 0.258. The number of hydrogen-bond acceptors (Lipinski definition) is 2. The van der Waals surface area contributed by atoms with E-state index >= 15 is 0 Å². The van der Waals surface area contributed by atoms with Crippen LogP contribution in [0.15, 0.2) is 183 Å². The summed E-state index contributed by atoms with van der Waals surface area (Å²) in [4.78, 5) is 4.38. The zero-order chi connectivity index (χ0) is 45.0. The van der Waals surface area contributed by atoms with Gasteiger partial charge >= 0.3 is 0 Å². The molecule has 0 aliphatic heterocycles. The number of alkyl halides is 1. The van der Waals surface area contributed by atoms with E-state index < -0.39 is 6.17 Å². The van der Waals surface area contributed by atoms with Gasteiger partial charge in [-0.25, -0.2) is 8.78 Å².